The second-order valence-corrected chi connectivity index (χ2v) is 11.7. The van der Waals surface area contributed by atoms with Crippen molar-refractivity contribution in [3.8, 4) is 23.1 Å². The average molecular weight is 561 g/mol. The van der Waals surface area contributed by atoms with E-state index in [1.165, 1.54) is 18.0 Å². The Bertz CT molecular complexity index is 1420. The van der Waals surface area contributed by atoms with Gasteiger partial charge in [-0.25, -0.2) is 19.6 Å². The SMILES string of the molecule is Cc1cccc(C)c1-c1cc(C#CC(CC(C)C)NC(=O)OC(C)(C)C)nc(NSc2cccc(C(=O)O)c2)n1. The van der Waals surface area contributed by atoms with Crippen LogP contribution in [0.1, 0.15) is 68.2 Å². The summed E-state index contributed by atoms with van der Waals surface area (Å²) in [6.07, 6.45) is 0.121. The van der Waals surface area contributed by atoms with E-state index >= 15 is 0 Å². The number of aryl methyl sites for hydroxylation is 2. The van der Waals surface area contributed by atoms with Gasteiger partial charge in [0.15, 0.2) is 0 Å². The number of carbonyl (C=O) groups is 2. The molecule has 0 aliphatic carbocycles. The van der Waals surface area contributed by atoms with Crippen molar-refractivity contribution >= 4 is 30.0 Å². The Hall–Kier alpha value is -4.03. The maximum atomic E-state index is 12.4. The van der Waals surface area contributed by atoms with Crippen molar-refractivity contribution in [2.24, 2.45) is 5.92 Å². The Morgan fingerprint density at radius 2 is 1.73 bits per heavy atom. The fourth-order valence-electron chi connectivity index (χ4n) is 3.94. The van der Waals surface area contributed by atoms with Crippen LogP contribution in [0, 0.1) is 31.6 Å². The smallest absolute Gasteiger partial charge is 0.408 e. The summed E-state index contributed by atoms with van der Waals surface area (Å²) < 4.78 is 8.57. The van der Waals surface area contributed by atoms with Crippen LogP contribution in [0.5, 0.6) is 0 Å². The minimum absolute atomic E-state index is 0.192. The normalized spacial score (nSPS) is 11.8. The summed E-state index contributed by atoms with van der Waals surface area (Å²) in [7, 11) is 0. The Morgan fingerprint density at radius 1 is 1.05 bits per heavy atom. The van der Waals surface area contributed by atoms with E-state index in [4.69, 9.17) is 9.72 Å². The van der Waals surface area contributed by atoms with Crippen molar-refractivity contribution in [3.63, 3.8) is 0 Å². The van der Waals surface area contributed by atoms with Crippen LogP contribution in [-0.4, -0.2) is 38.8 Å². The molecular weight excluding hydrogens is 524 g/mol. The first kappa shape index (κ1) is 30.5. The molecule has 1 atom stereocenters. The van der Waals surface area contributed by atoms with Gasteiger partial charge in [0.25, 0.3) is 0 Å². The molecule has 2 aromatic carbocycles. The number of ether oxygens (including phenoxy) is 1. The molecule has 210 valence electrons. The van der Waals surface area contributed by atoms with Crippen LogP contribution in [0.2, 0.25) is 0 Å². The molecule has 0 bridgehead atoms. The van der Waals surface area contributed by atoms with Crippen LogP contribution in [0.15, 0.2) is 53.4 Å². The van der Waals surface area contributed by atoms with Crippen molar-refractivity contribution in [1.29, 1.82) is 0 Å². The minimum Gasteiger partial charge on any atom is -0.478 e. The molecule has 1 unspecified atom stereocenters. The number of anilines is 1. The van der Waals surface area contributed by atoms with E-state index in [0.717, 1.165) is 16.7 Å². The van der Waals surface area contributed by atoms with Gasteiger partial charge in [-0.2, -0.15) is 0 Å². The lowest BCUT2D eigenvalue weighted by Gasteiger charge is -2.22. The summed E-state index contributed by atoms with van der Waals surface area (Å²) in [5.41, 5.74) is 3.88. The lowest BCUT2D eigenvalue weighted by molar-refractivity contribution is 0.0511. The number of hydrogen-bond donors (Lipinski definition) is 3. The number of hydrogen-bond acceptors (Lipinski definition) is 7. The first-order valence-electron chi connectivity index (χ1n) is 13.0. The van der Waals surface area contributed by atoms with Gasteiger partial charge in [0.2, 0.25) is 5.95 Å². The Kier molecular flexibility index (Phi) is 10.2. The number of benzene rings is 2. The number of alkyl carbamates (subject to hydrolysis) is 1. The van der Waals surface area contributed by atoms with E-state index in [2.05, 4.69) is 40.7 Å². The number of carboxylic acid groups (broad SMARTS) is 1. The number of aromatic nitrogens is 2. The third-order valence-corrected chi connectivity index (χ3v) is 6.35. The Balaban J connectivity index is 1.97. The average Bonchev–Trinajstić information content (AvgIpc) is 2.84. The molecule has 9 heteroatoms. The predicted molar refractivity (Wildman–Crippen MR) is 159 cm³/mol. The molecule has 1 amide bonds. The molecular formula is C31H36N4O4S. The van der Waals surface area contributed by atoms with Crippen molar-refractivity contribution < 1.29 is 19.4 Å². The largest absolute Gasteiger partial charge is 0.478 e. The van der Waals surface area contributed by atoms with E-state index in [1.54, 1.807) is 18.2 Å². The topological polar surface area (TPSA) is 113 Å². The molecule has 8 nitrogen and oxygen atoms in total. The first-order chi connectivity index (χ1) is 18.8. The molecule has 1 heterocycles. The van der Waals surface area contributed by atoms with Gasteiger partial charge in [-0.05, 0) is 100 Å². The summed E-state index contributed by atoms with van der Waals surface area (Å²) in [5, 5.41) is 12.2. The third kappa shape index (κ3) is 9.31. The van der Waals surface area contributed by atoms with E-state index < -0.39 is 23.7 Å². The number of amides is 1. The highest BCUT2D eigenvalue weighted by molar-refractivity contribution is 8.00. The molecule has 0 spiro atoms. The highest BCUT2D eigenvalue weighted by atomic mass is 32.2. The van der Waals surface area contributed by atoms with Crippen molar-refractivity contribution in [3.05, 3.63) is 70.9 Å². The zero-order chi connectivity index (χ0) is 29.4. The van der Waals surface area contributed by atoms with Gasteiger partial charge in [-0.3, -0.25) is 4.72 Å². The molecule has 40 heavy (non-hydrogen) atoms. The van der Waals surface area contributed by atoms with Gasteiger partial charge >= 0.3 is 12.1 Å². The van der Waals surface area contributed by atoms with Gasteiger partial charge in [-0.15, -0.1) is 0 Å². The molecule has 0 aliphatic rings. The predicted octanol–water partition coefficient (Wildman–Crippen LogP) is 6.87. The fourth-order valence-corrected chi connectivity index (χ4v) is 4.57. The standard InChI is InChI=1S/C31H36N4O4S/c1-19(2)16-23(33-30(38)39-31(5,6)7)14-15-24-18-26(27-20(3)10-8-11-21(27)4)34-29(32-24)35-40-25-13-9-12-22(17-25)28(36)37/h8-13,17-19,23H,16H2,1-7H3,(H,33,38)(H,36,37)(H,32,34,35). The number of carbonyl (C=O) groups excluding carboxylic acids is 1. The summed E-state index contributed by atoms with van der Waals surface area (Å²) in [6.45, 7) is 13.6. The van der Waals surface area contributed by atoms with Crippen LogP contribution in [0.3, 0.4) is 0 Å². The zero-order valence-corrected chi connectivity index (χ0v) is 24.8. The van der Waals surface area contributed by atoms with Crippen LogP contribution in [-0.2, 0) is 4.74 Å². The Labute approximate surface area is 240 Å². The molecule has 3 N–H and O–H groups in total. The van der Waals surface area contributed by atoms with Crippen LogP contribution in [0.25, 0.3) is 11.3 Å². The van der Waals surface area contributed by atoms with E-state index in [0.29, 0.717) is 34.6 Å². The Morgan fingerprint density at radius 3 is 2.35 bits per heavy atom. The fraction of sp³-hybridized carbons (Fsp3) is 0.355. The molecule has 0 fully saturated rings. The molecule has 0 saturated carbocycles. The second-order valence-electron chi connectivity index (χ2n) is 10.9. The molecule has 3 aromatic rings. The summed E-state index contributed by atoms with van der Waals surface area (Å²) in [6, 6.07) is 14.1. The van der Waals surface area contributed by atoms with Crippen molar-refractivity contribution in [2.75, 3.05) is 4.72 Å². The summed E-state index contributed by atoms with van der Waals surface area (Å²) in [4.78, 5) is 33.9. The lowest BCUT2D eigenvalue weighted by Crippen LogP contribution is -2.39. The highest BCUT2D eigenvalue weighted by Gasteiger charge is 2.19. The maximum Gasteiger partial charge on any atom is 0.408 e. The molecule has 0 radical (unpaired) electrons. The first-order valence-corrected chi connectivity index (χ1v) is 13.9. The minimum atomic E-state index is -0.996. The monoisotopic (exact) mass is 560 g/mol. The molecule has 1 aromatic heterocycles. The molecule has 0 aliphatic heterocycles. The number of aromatic carboxylic acids is 1. The summed E-state index contributed by atoms with van der Waals surface area (Å²) >= 11 is 1.21. The van der Waals surface area contributed by atoms with Gasteiger partial charge in [-0.1, -0.05) is 44.0 Å². The highest BCUT2D eigenvalue weighted by Crippen LogP contribution is 2.28. The lowest BCUT2D eigenvalue weighted by atomic mass is 9.99. The molecule has 3 rings (SSSR count). The number of nitrogens with zero attached hydrogens (tertiary/aromatic N) is 2. The van der Waals surface area contributed by atoms with Gasteiger partial charge in [0.05, 0.1) is 17.3 Å². The van der Waals surface area contributed by atoms with Crippen molar-refractivity contribution in [1.82, 2.24) is 15.3 Å². The van der Waals surface area contributed by atoms with Gasteiger partial charge in [0, 0.05) is 10.5 Å². The number of nitrogens with one attached hydrogen (secondary N) is 2. The quantitative estimate of drug-likeness (QED) is 0.202. The number of rotatable bonds is 8. The van der Waals surface area contributed by atoms with Crippen LogP contribution >= 0.6 is 11.9 Å². The molecule has 0 saturated heterocycles. The summed E-state index contributed by atoms with van der Waals surface area (Å²) in [5.74, 6) is 5.92. The zero-order valence-electron chi connectivity index (χ0n) is 24.0. The van der Waals surface area contributed by atoms with Gasteiger partial charge in [0.1, 0.15) is 11.3 Å². The van der Waals surface area contributed by atoms with E-state index in [1.807, 2.05) is 58.9 Å². The van der Waals surface area contributed by atoms with E-state index in [-0.39, 0.29) is 5.56 Å². The number of carboxylic acids is 1. The third-order valence-electron chi connectivity index (χ3n) is 5.58. The van der Waals surface area contributed by atoms with Gasteiger partial charge < -0.3 is 15.2 Å². The maximum absolute atomic E-state index is 12.4. The second kappa shape index (κ2) is 13.4. The van der Waals surface area contributed by atoms with Crippen LogP contribution in [0.4, 0.5) is 10.7 Å². The van der Waals surface area contributed by atoms with E-state index in [9.17, 15) is 14.7 Å². The van der Waals surface area contributed by atoms with Crippen LogP contribution < -0.4 is 10.0 Å². The van der Waals surface area contributed by atoms with Crippen molar-refractivity contribution in [2.45, 2.75) is 71.4 Å².